The standard InChI is InChI=1S/C33H43N3O5S2/c1-6-9-21-34-33(38)31(7-2)35(23-26-12-10-11-25(4)22-26)32(37)24-36(27-13-15-28(16-14-27)41-8-3)43(39,40)30-19-17-29(42-5)18-20-30/h10-20,22,31H,6-9,21,23-24H2,1-5H3,(H,34,38)/t31-/m0/s1. The van der Waals surface area contributed by atoms with E-state index in [4.69, 9.17) is 4.74 Å². The number of sulfonamides is 1. The van der Waals surface area contributed by atoms with E-state index >= 15 is 0 Å². The molecule has 3 rings (SSSR count). The minimum Gasteiger partial charge on any atom is -0.494 e. The van der Waals surface area contributed by atoms with Gasteiger partial charge in [0, 0.05) is 18.0 Å². The third-order valence-corrected chi connectivity index (χ3v) is 9.54. The molecule has 1 atom stereocenters. The molecular formula is C33H43N3O5S2. The molecule has 0 heterocycles. The summed E-state index contributed by atoms with van der Waals surface area (Å²) in [7, 11) is -4.15. The lowest BCUT2D eigenvalue weighted by atomic mass is 10.1. The first kappa shape index (κ1) is 34.0. The molecule has 0 aromatic heterocycles. The molecule has 3 aromatic rings. The van der Waals surface area contributed by atoms with Gasteiger partial charge in [-0.2, -0.15) is 0 Å². The maximum Gasteiger partial charge on any atom is 0.264 e. The Morgan fingerprint density at radius 1 is 0.977 bits per heavy atom. The van der Waals surface area contributed by atoms with Crippen LogP contribution in [0.1, 0.15) is 51.2 Å². The Labute approximate surface area is 260 Å². The topological polar surface area (TPSA) is 96.0 Å². The Balaban J connectivity index is 2.04. The average molecular weight is 626 g/mol. The number of nitrogens with zero attached hydrogens (tertiary/aromatic N) is 2. The minimum absolute atomic E-state index is 0.0709. The molecule has 10 heteroatoms. The van der Waals surface area contributed by atoms with Crippen molar-refractivity contribution in [2.45, 2.75) is 69.3 Å². The zero-order valence-corrected chi connectivity index (χ0v) is 27.3. The minimum atomic E-state index is -4.15. The largest absolute Gasteiger partial charge is 0.494 e. The van der Waals surface area contributed by atoms with Crippen molar-refractivity contribution in [3.05, 3.63) is 83.9 Å². The smallest absolute Gasteiger partial charge is 0.264 e. The van der Waals surface area contributed by atoms with Crippen LogP contribution < -0.4 is 14.4 Å². The first-order valence-corrected chi connectivity index (χ1v) is 17.3. The van der Waals surface area contributed by atoms with Gasteiger partial charge in [0.1, 0.15) is 18.3 Å². The molecule has 1 N–H and O–H groups in total. The number of amides is 2. The molecule has 0 aliphatic heterocycles. The molecule has 0 unspecified atom stereocenters. The number of carbonyl (C=O) groups is 2. The van der Waals surface area contributed by atoms with Gasteiger partial charge in [0.05, 0.1) is 17.2 Å². The van der Waals surface area contributed by atoms with Crippen LogP contribution in [-0.2, 0) is 26.2 Å². The van der Waals surface area contributed by atoms with E-state index in [9.17, 15) is 18.0 Å². The highest BCUT2D eigenvalue weighted by Crippen LogP contribution is 2.28. The fourth-order valence-electron chi connectivity index (χ4n) is 4.71. The molecule has 0 fully saturated rings. The van der Waals surface area contributed by atoms with Crippen molar-refractivity contribution in [2.75, 3.05) is 30.3 Å². The van der Waals surface area contributed by atoms with E-state index in [0.717, 1.165) is 33.2 Å². The van der Waals surface area contributed by atoms with Gasteiger partial charge in [0.25, 0.3) is 10.0 Å². The average Bonchev–Trinajstić information content (AvgIpc) is 3.00. The molecule has 0 aliphatic carbocycles. The lowest BCUT2D eigenvalue weighted by molar-refractivity contribution is -0.140. The predicted molar refractivity (Wildman–Crippen MR) is 174 cm³/mol. The highest BCUT2D eigenvalue weighted by Gasteiger charge is 2.33. The van der Waals surface area contributed by atoms with Crippen LogP contribution in [0.4, 0.5) is 5.69 Å². The van der Waals surface area contributed by atoms with Gasteiger partial charge in [-0.15, -0.1) is 11.8 Å². The molecule has 8 nitrogen and oxygen atoms in total. The number of hydrogen-bond acceptors (Lipinski definition) is 6. The lowest BCUT2D eigenvalue weighted by Gasteiger charge is -2.33. The van der Waals surface area contributed by atoms with E-state index in [2.05, 4.69) is 5.32 Å². The van der Waals surface area contributed by atoms with Gasteiger partial charge in [-0.1, -0.05) is 50.1 Å². The molecule has 2 amide bonds. The quantitative estimate of drug-likeness (QED) is 0.154. The summed E-state index contributed by atoms with van der Waals surface area (Å²) in [4.78, 5) is 30.0. The summed E-state index contributed by atoms with van der Waals surface area (Å²) in [5.74, 6) is -0.132. The maximum absolute atomic E-state index is 14.2. The van der Waals surface area contributed by atoms with Crippen LogP contribution >= 0.6 is 11.8 Å². The number of thioether (sulfide) groups is 1. The summed E-state index contributed by atoms with van der Waals surface area (Å²) in [5.41, 5.74) is 2.20. The molecule has 3 aromatic carbocycles. The van der Waals surface area contributed by atoms with Gasteiger partial charge in [0.2, 0.25) is 11.8 Å². The van der Waals surface area contributed by atoms with E-state index in [1.54, 1.807) is 48.5 Å². The Morgan fingerprint density at radius 3 is 2.26 bits per heavy atom. The van der Waals surface area contributed by atoms with Crippen molar-refractivity contribution in [1.29, 1.82) is 0 Å². The molecule has 0 bridgehead atoms. The number of benzene rings is 3. The fourth-order valence-corrected chi connectivity index (χ4v) is 6.53. The zero-order valence-electron chi connectivity index (χ0n) is 25.7. The Hall–Kier alpha value is -3.50. The first-order chi connectivity index (χ1) is 20.6. The molecule has 0 spiro atoms. The summed E-state index contributed by atoms with van der Waals surface area (Å²) in [6.07, 6.45) is 4.05. The van der Waals surface area contributed by atoms with Crippen LogP contribution in [0.15, 0.2) is 82.6 Å². The normalized spacial score (nSPS) is 11.9. The number of rotatable bonds is 16. The SMILES string of the molecule is CCCCNC(=O)[C@H](CC)N(Cc1cccc(C)c1)C(=O)CN(c1ccc(OCC)cc1)S(=O)(=O)c1ccc(SC)cc1. The number of anilines is 1. The number of hydrogen-bond donors (Lipinski definition) is 1. The second-order valence-electron chi connectivity index (χ2n) is 10.2. The van der Waals surface area contributed by atoms with Gasteiger partial charge in [-0.3, -0.25) is 13.9 Å². The summed E-state index contributed by atoms with van der Waals surface area (Å²) in [5, 5.41) is 2.96. The van der Waals surface area contributed by atoms with Gasteiger partial charge in [-0.05, 0) is 87.0 Å². The molecular weight excluding hydrogens is 583 g/mol. The van der Waals surface area contributed by atoms with Crippen molar-refractivity contribution in [3.8, 4) is 5.75 Å². The second-order valence-corrected chi connectivity index (χ2v) is 12.9. The molecule has 43 heavy (non-hydrogen) atoms. The van der Waals surface area contributed by atoms with Crippen molar-refractivity contribution < 1.29 is 22.7 Å². The monoisotopic (exact) mass is 625 g/mol. The van der Waals surface area contributed by atoms with E-state index in [0.29, 0.717) is 31.0 Å². The summed E-state index contributed by atoms with van der Waals surface area (Å²) in [6, 6.07) is 20.2. The Bertz CT molecular complexity index is 1440. The van der Waals surface area contributed by atoms with Crippen molar-refractivity contribution in [2.24, 2.45) is 0 Å². The number of ether oxygens (including phenoxy) is 1. The maximum atomic E-state index is 14.2. The Kier molecular flexibility index (Phi) is 12.9. The van der Waals surface area contributed by atoms with Crippen LogP contribution in [0.2, 0.25) is 0 Å². The van der Waals surface area contributed by atoms with Gasteiger partial charge in [-0.25, -0.2) is 8.42 Å². The lowest BCUT2D eigenvalue weighted by Crippen LogP contribution is -2.52. The predicted octanol–water partition coefficient (Wildman–Crippen LogP) is 6.03. The summed E-state index contributed by atoms with van der Waals surface area (Å²) >= 11 is 1.51. The summed E-state index contributed by atoms with van der Waals surface area (Å²) < 4.78 is 34.8. The van der Waals surface area contributed by atoms with Crippen LogP contribution in [-0.4, -0.2) is 57.1 Å². The molecule has 0 aliphatic rings. The van der Waals surface area contributed by atoms with Crippen LogP contribution in [0, 0.1) is 6.92 Å². The second kappa shape index (κ2) is 16.4. The molecule has 0 saturated heterocycles. The van der Waals surface area contributed by atoms with Gasteiger partial charge in [0.15, 0.2) is 0 Å². The van der Waals surface area contributed by atoms with Crippen LogP contribution in [0.3, 0.4) is 0 Å². The highest BCUT2D eigenvalue weighted by molar-refractivity contribution is 7.98. The number of unbranched alkanes of at least 4 members (excludes halogenated alkanes) is 1. The van der Waals surface area contributed by atoms with E-state index in [1.165, 1.54) is 16.7 Å². The molecule has 232 valence electrons. The zero-order chi connectivity index (χ0) is 31.4. The fraction of sp³-hybridized carbons (Fsp3) is 0.394. The first-order valence-electron chi connectivity index (χ1n) is 14.7. The third-order valence-electron chi connectivity index (χ3n) is 7.01. The van der Waals surface area contributed by atoms with Gasteiger partial charge < -0.3 is 15.0 Å². The molecule has 0 radical (unpaired) electrons. The summed E-state index contributed by atoms with van der Waals surface area (Å²) in [6.45, 7) is 8.40. The van der Waals surface area contributed by atoms with E-state index in [1.807, 2.05) is 58.2 Å². The number of aryl methyl sites for hydroxylation is 1. The van der Waals surface area contributed by atoms with Crippen LogP contribution in [0.5, 0.6) is 5.75 Å². The number of nitrogens with one attached hydrogen (secondary N) is 1. The van der Waals surface area contributed by atoms with E-state index < -0.39 is 28.5 Å². The van der Waals surface area contributed by atoms with Crippen molar-refractivity contribution in [3.63, 3.8) is 0 Å². The van der Waals surface area contributed by atoms with Crippen molar-refractivity contribution in [1.82, 2.24) is 10.2 Å². The Morgan fingerprint density at radius 2 is 1.67 bits per heavy atom. The molecule has 0 saturated carbocycles. The number of carbonyl (C=O) groups excluding carboxylic acids is 2. The third kappa shape index (κ3) is 9.24. The van der Waals surface area contributed by atoms with Crippen molar-refractivity contribution >= 4 is 39.3 Å². The van der Waals surface area contributed by atoms with Gasteiger partial charge >= 0.3 is 0 Å². The highest BCUT2D eigenvalue weighted by atomic mass is 32.2. The van der Waals surface area contributed by atoms with E-state index in [-0.39, 0.29) is 17.3 Å². The van der Waals surface area contributed by atoms with Crippen LogP contribution in [0.25, 0.3) is 0 Å².